The van der Waals surface area contributed by atoms with E-state index >= 15 is 0 Å². The molecular weight excluding hydrogens is 478 g/mol. The standard InChI is InChI=1S/C36H21NO2/c1-4-12-30-25(8-1)28-20-29-26-9-2-5-13-32(26)39-35(29)21-31(28)37(30)23-18-16-22(17-19-23)24-11-7-15-34-36(24)27-10-3-6-14-33(27)38-34/h1-21H/i1D,2D,4D,5D,8D,9D,12D,13D,15D,20D. The normalized spacial score (nSPS) is 15.7. The summed E-state index contributed by atoms with van der Waals surface area (Å²) in [6.07, 6.45) is 0. The second kappa shape index (κ2) is 7.62. The van der Waals surface area contributed by atoms with Crippen molar-refractivity contribution in [2.45, 2.75) is 0 Å². The van der Waals surface area contributed by atoms with Crippen molar-refractivity contribution in [1.82, 2.24) is 4.57 Å². The van der Waals surface area contributed by atoms with Crippen LogP contribution in [0, 0.1) is 0 Å². The molecule has 0 fully saturated rings. The lowest BCUT2D eigenvalue weighted by Crippen LogP contribution is -1.93. The largest absolute Gasteiger partial charge is 0.456 e. The molecule has 0 spiro atoms. The van der Waals surface area contributed by atoms with Crippen LogP contribution in [0.5, 0.6) is 0 Å². The summed E-state index contributed by atoms with van der Waals surface area (Å²) < 4.78 is 99.6. The predicted molar refractivity (Wildman–Crippen MR) is 161 cm³/mol. The fourth-order valence-corrected chi connectivity index (χ4v) is 5.59. The Kier molecular flexibility index (Phi) is 2.64. The number of nitrogens with zero attached hydrogens (tertiary/aromatic N) is 1. The number of para-hydroxylation sites is 3. The quantitative estimate of drug-likeness (QED) is 0.232. The molecule has 3 heteroatoms. The molecule has 0 bridgehead atoms. The van der Waals surface area contributed by atoms with Crippen molar-refractivity contribution in [3.63, 3.8) is 0 Å². The topological polar surface area (TPSA) is 31.2 Å². The zero-order valence-corrected chi connectivity index (χ0v) is 20.1. The van der Waals surface area contributed by atoms with Crippen LogP contribution in [0.4, 0.5) is 0 Å². The molecule has 39 heavy (non-hydrogen) atoms. The monoisotopic (exact) mass is 509 g/mol. The van der Waals surface area contributed by atoms with E-state index in [1.165, 1.54) is 0 Å². The van der Waals surface area contributed by atoms with Gasteiger partial charge in [0, 0.05) is 44.1 Å². The van der Waals surface area contributed by atoms with Crippen LogP contribution in [0.3, 0.4) is 0 Å². The first-order valence-electron chi connectivity index (χ1n) is 17.4. The maximum atomic E-state index is 9.36. The van der Waals surface area contributed by atoms with Gasteiger partial charge in [-0.25, -0.2) is 0 Å². The first-order valence-corrected chi connectivity index (χ1v) is 12.4. The van der Waals surface area contributed by atoms with E-state index in [1.807, 2.05) is 54.6 Å². The third-order valence-electron chi connectivity index (χ3n) is 7.28. The van der Waals surface area contributed by atoms with E-state index in [2.05, 4.69) is 0 Å². The van der Waals surface area contributed by atoms with Crippen molar-refractivity contribution in [3.05, 3.63) is 127 Å². The van der Waals surface area contributed by atoms with Crippen molar-refractivity contribution in [1.29, 1.82) is 0 Å². The summed E-state index contributed by atoms with van der Waals surface area (Å²) in [5.74, 6) is 0. The van der Waals surface area contributed by atoms with Gasteiger partial charge >= 0.3 is 0 Å². The number of fused-ring (bicyclic) bond motifs is 9. The molecule has 3 heterocycles. The molecule has 0 radical (unpaired) electrons. The molecular formula is C36H21NO2. The number of aromatic nitrogens is 1. The zero-order valence-electron chi connectivity index (χ0n) is 30.1. The summed E-state index contributed by atoms with van der Waals surface area (Å²) in [6.45, 7) is 0. The highest BCUT2D eigenvalue weighted by Gasteiger charge is 2.17. The number of rotatable bonds is 2. The zero-order chi connectivity index (χ0) is 34.2. The molecule has 6 aromatic carbocycles. The molecule has 0 aliphatic heterocycles. The summed E-state index contributed by atoms with van der Waals surface area (Å²) >= 11 is 0. The molecule has 182 valence electrons. The van der Waals surface area contributed by atoms with Crippen LogP contribution in [-0.4, -0.2) is 4.57 Å². The fraction of sp³-hybridized carbons (Fsp3) is 0. The summed E-state index contributed by atoms with van der Waals surface area (Å²) in [5, 5.41) is 2.17. The molecule has 0 saturated carbocycles. The van der Waals surface area contributed by atoms with Crippen LogP contribution in [0.2, 0.25) is 0 Å². The Morgan fingerprint density at radius 2 is 1.33 bits per heavy atom. The maximum absolute atomic E-state index is 9.36. The van der Waals surface area contributed by atoms with Gasteiger partial charge in [0.25, 0.3) is 0 Å². The number of benzene rings is 6. The lowest BCUT2D eigenvalue weighted by atomic mass is 9.99. The first-order chi connectivity index (χ1) is 23.5. The Hall–Kier alpha value is -5.28. The van der Waals surface area contributed by atoms with Gasteiger partial charge in [-0.05, 0) is 53.5 Å². The van der Waals surface area contributed by atoms with E-state index in [0.29, 0.717) is 22.4 Å². The second-order valence-corrected chi connectivity index (χ2v) is 9.37. The van der Waals surface area contributed by atoms with E-state index in [4.69, 9.17) is 21.2 Å². The molecule has 0 aliphatic rings. The van der Waals surface area contributed by atoms with E-state index in [1.54, 1.807) is 16.7 Å². The van der Waals surface area contributed by atoms with Crippen molar-refractivity contribution < 1.29 is 22.5 Å². The summed E-state index contributed by atoms with van der Waals surface area (Å²) in [4.78, 5) is 0. The Bertz CT molecular complexity index is 2940. The van der Waals surface area contributed by atoms with Crippen molar-refractivity contribution in [2.24, 2.45) is 0 Å². The predicted octanol–water partition coefficient (Wildman–Crippen LogP) is 10.2. The van der Waals surface area contributed by atoms with E-state index in [0.717, 1.165) is 21.9 Å². The van der Waals surface area contributed by atoms with Crippen LogP contribution in [0.25, 0.3) is 82.5 Å². The van der Waals surface area contributed by atoms with Gasteiger partial charge in [-0.3, -0.25) is 0 Å². The summed E-state index contributed by atoms with van der Waals surface area (Å²) in [5.41, 5.74) is 3.90. The van der Waals surface area contributed by atoms with Crippen LogP contribution in [-0.2, 0) is 0 Å². The smallest absolute Gasteiger partial charge is 0.137 e. The number of hydrogen-bond donors (Lipinski definition) is 0. The Morgan fingerprint density at radius 3 is 2.26 bits per heavy atom. The van der Waals surface area contributed by atoms with Gasteiger partial charge in [-0.1, -0.05) is 78.7 Å². The van der Waals surface area contributed by atoms with Gasteiger partial charge in [0.1, 0.15) is 22.3 Å². The molecule has 9 rings (SSSR count). The molecule has 3 nitrogen and oxygen atoms in total. The molecule has 0 unspecified atom stereocenters. The lowest BCUT2D eigenvalue weighted by molar-refractivity contribution is 0.668. The number of furan rings is 2. The second-order valence-electron chi connectivity index (χ2n) is 9.37. The van der Waals surface area contributed by atoms with Crippen LogP contribution in [0.1, 0.15) is 13.7 Å². The molecule has 3 aromatic heterocycles. The average Bonchev–Trinajstić information content (AvgIpc) is 3.80. The van der Waals surface area contributed by atoms with Gasteiger partial charge in [-0.15, -0.1) is 0 Å². The molecule has 0 saturated heterocycles. The molecule has 0 aliphatic carbocycles. The van der Waals surface area contributed by atoms with Crippen molar-refractivity contribution in [3.8, 4) is 16.8 Å². The fourth-order valence-electron chi connectivity index (χ4n) is 5.59. The van der Waals surface area contributed by atoms with Crippen molar-refractivity contribution in [2.75, 3.05) is 0 Å². The van der Waals surface area contributed by atoms with Crippen LogP contribution >= 0.6 is 0 Å². The van der Waals surface area contributed by atoms with E-state index in [-0.39, 0.29) is 74.5 Å². The molecule has 0 atom stereocenters. The van der Waals surface area contributed by atoms with E-state index in [9.17, 15) is 1.37 Å². The molecule has 0 N–H and O–H groups in total. The first kappa shape index (κ1) is 13.5. The SMILES string of the molecule is [2H]c1c([2H])c([2H])c2c(oc3cc4c(c([2H])c32)c2c([2H])c([2H])c([2H])c([2H])c2n4-c2ccc(-c3ccc([2H])c4oc5ccccc5c34)cc2)c1[2H]. The third-order valence-corrected chi connectivity index (χ3v) is 7.28. The van der Waals surface area contributed by atoms with Gasteiger partial charge in [-0.2, -0.15) is 0 Å². The van der Waals surface area contributed by atoms with Gasteiger partial charge < -0.3 is 13.4 Å². The highest BCUT2D eigenvalue weighted by atomic mass is 16.3. The Balaban J connectivity index is 1.37. The van der Waals surface area contributed by atoms with Crippen LogP contribution < -0.4 is 0 Å². The summed E-state index contributed by atoms with van der Waals surface area (Å²) in [7, 11) is 0. The summed E-state index contributed by atoms with van der Waals surface area (Å²) in [6, 6.07) is 17.0. The van der Waals surface area contributed by atoms with Gasteiger partial charge in [0.05, 0.1) is 24.7 Å². The van der Waals surface area contributed by atoms with Crippen LogP contribution in [0.15, 0.2) is 136 Å². The van der Waals surface area contributed by atoms with E-state index < -0.39 is 24.2 Å². The third kappa shape index (κ3) is 2.87. The van der Waals surface area contributed by atoms with Gasteiger partial charge in [0.2, 0.25) is 0 Å². The highest BCUT2D eigenvalue weighted by molar-refractivity contribution is 6.17. The molecule has 0 amide bonds. The minimum atomic E-state index is -0.470. The highest BCUT2D eigenvalue weighted by Crippen LogP contribution is 2.40. The van der Waals surface area contributed by atoms with Gasteiger partial charge in [0.15, 0.2) is 0 Å². The minimum Gasteiger partial charge on any atom is -0.456 e. The van der Waals surface area contributed by atoms with Crippen molar-refractivity contribution >= 4 is 65.7 Å². The number of hydrogen-bond acceptors (Lipinski definition) is 2. The Labute approximate surface area is 237 Å². The maximum Gasteiger partial charge on any atom is 0.137 e. The Morgan fingerprint density at radius 1 is 0.538 bits per heavy atom. The lowest BCUT2D eigenvalue weighted by Gasteiger charge is -2.10. The average molecular weight is 510 g/mol. The molecule has 9 aromatic rings. The minimum absolute atomic E-state index is 0.0378.